The van der Waals surface area contributed by atoms with Gasteiger partial charge in [-0.3, -0.25) is 4.48 Å². The second-order valence-corrected chi connectivity index (χ2v) is 2.04. The Labute approximate surface area is 60.3 Å². The summed E-state index contributed by atoms with van der Waals surface area (Å²) in [6.07, 6.45) is 0. The maximum atomic E-state index is 8.44. The van der Waals surface area contributed by atoms with E-state index in [0.717, 1.165) is 0 Å². The average molecular weight is 159 g/mol. The van der Waals surface area contributed by atoms with Gasteiger partial charge in [0.2, 0.25) is 0 Å². The number of halogens is 1. The normalized spacial score (nSPS) is 10.7. The summed E-state index contributed by atoms with van der Waals surface area (Å²) in [6, 6.07) is 0. The van der Waals surface area contributed by atoms with Crippen LogP contribution >= 0.6 is 12.4 Å². The Hall–Kier alpha value is 0.130. The fourth-order valence-corrected chi connectivity index (χ4v) is 0.134. The van der Waals surface area contributed by atoms with E-state index in [1.54, 1.807) is 7.05 Å². The van der Waals surface area contributed by atoms with Crippen LogP contribution in [0.25, 0.3) is 0 Å². The summed E-state index contributed by atoms with van der Waals surface area (Å²) in [4.78, 5) is 0. The van der Waals surface area contributed by atoms with Gasteiger partial charge in [0.25, 0.3) is 0 Å². The van der Waals surface area contributed by atoms with Crippen LogP contribution in [0.2, 0.25) is 0 Å². The van der Waals surface area contributed by atoms with Gasteiger partial charge in [-0.1, -0.05) is 0 Å². The van der Waals surface area contributed by atoms with E-state index >= 15 is 0 Å². The molecule has 0 aromatic rings. The molecule has 0 rings (SSSR count). The number of hydrogen-bond donors (Lipinski definition) is 3. The van der Waals surface area contributed by atoms with E-state index in [-0.39, 0.29) is 37.1 Å². The van der Waals surface area contributed by atoms with Crippen LogP contribution in [0.1, 0.15) is 0 Å². The fourth-order valence-electron chi connectivity index (χ4n) is 0.134. The first-order chi connectivity index (χ1) is 3.68. The van der Waals surface area contributed by atoms with Gasteiger partial charge >= 0.3 is 0 Å². The first kappa shape index (κ1) is 11.9. The molecule has 0 aliphatic rings. The highest BCUT2D eigenvalue weighted by atomic mass is 35.5. The largest absolute Gasteiger partial charge is 0.347 e. The van der Waals surface area contributed by atoms with Crippen molar-refractivity contribution in [1.29, 1.82) is 0 Å². The summed E-state index contributed by atoms with van der Waals surface area (Å²) in [5.74, 6) is 0. The van der Waals surface area contributed by atoms with Gasteiger partial charge in [0.1, 0.15) is 0 Å². The van der Waals surface area contributed by atoms with Crippen LogP contribution in [0.4, 0.5) is 0 Å². The summed E-state index contributed by atoms with van der Waals surface area (Å²) in [7, 11) is 1.54. The lowest BCUT2D eigenvalue weighted by atomic mass is 10.7. The lowest BCUT2D eigenvalue weighted by Gasteiger charge is -2.25. The Morgan fingerprint density at radius 1 is 1.00 bits per heavy atom. The monoisotopic (exact) mass is 158 g/mol. The van der Waals surface area contributed by atoms with Crippen molar-refractivity contribution in [3.63, 3.8) is 0 Å². The average Bonchev–Trinajstić information content (AvgIpc) is 1.87. The van der Waals surface area contributed by atoms with Crippen LogP contribution in [0.15, 0.2) is 0 Å². The molecular weight excluding hydrogens is 146 g/mol. The van der Waals surface area contributed by atoms with E-state index in [9.17, 15) is 0 Å². The van der Waals surface area contributed by atoms with E-state index < -0.39 is 0 Å². The molecule has 4 nitrogen and oxygen atoms in total. The van der Waals surface area contributed by atoms with Gasteiger partial charge in [-0.05, 0) is 0 Å². The van der Waals surface area contributed by atoms with Crippen molar-refractivity contribution in [3.8, 4) is 0 Å². The van der Waals surface area contributed by atoms with Crippen LogP contribution in [-0.2, 0) is 0 Å². The van der Waals surface area contributed by atoms with Crippen LogP contribution in [0.3, 0.4) is 0 Å². The summed E-state index contributed by atoms with van der Waals surface area (Å²) in [5.41, 5.74) is 0. The Kier molecular flexibility index (Phi) is 6.54. The van der Waals surface area contributed by atoms with Crippen molar-refractivity contribution >= 4 is 12.4 Å². The molecule has 0 atom stereocenters. The second kappa shape index (κ2) is 4.96. The van der Waals surface area contributed by atoms with E-state index in [1.807, 2.05) is 0 Å². The van der Waals surface area contributed by atoms with Gasteiger partial charge in [-0.25, -0.2) is 0 Å². The topological polar surface area (TPSA) is 60.7 Å². The molecule has 5 heteroatoms. The Balaban J connectivity index is 0. The molecule has 0 aromatic carbocycles. The van der Waals surface area contributed by atoms with Gasteiger partial charge in [0.05, 0.1) is 7.05 Å². The van der Waals surface area contributed by atoms with Crippen molar-refractivity contribution < 1.29 is 19.8 Å². The Morgan fingerprint density at radius 2 is 1.22 bits per heavy atom. The quantitative estimate of drug-likeness (QED) is 0.354. The zero-order valence-corrected chi connectivity index (χ0v) is 6.13. The van der Waals surface area contributed by atoms with Crippen molar-refractivity contribution in [3.05, 3.63) is 0 Å². The molecule has 0 aliphatic heterocycles. The molecule has 0 amide bonds. The van der Waals surface area contributed by atoms with E-state index in [2.05, 4.69) is 0 Å². The molecule has 9 heavy (non-hydrogen) atoms. The Bertz CT molecular complexity index is 58.6. The SMILES string of the molecule is C[N+](CO)(CO)CO.Cl. The van der Waals surface area contributed by atoms with E-state index in [0.29, 0.717) is 0 Å². The molecule has 0 saturated carbocycles. The minimum absolute atomic E-state index is 0. The summed E-state index contributed by atoms with van der Waals surface area (Å²) >= 11 is 0. The van der Waals surface area contributed by atoms with Gasteiger partial charge in [0, 0.05) is 0 Å². The number of rotatable bonds is 3. The van der Waals surface area contributed by atoms with Crippen molar-refractivity contribution in [2.45, 2.75) is 0 Å². The first-order valence-electron chi connectivity index (χ1n) is 2.34. The summed E-state index contributed by atoms with van der Waals surface area (Å²) < 4.78 is -0.125. The molecular formula is C4H13ClNO3+. The highest BCUT2D eigenvalue weighted by Gasteiger charge is 2.15. The lowest BCUT2D eigenvalue weighted by Crippen LogP contribution is -2.46. The minimum atomic E-state index is -0.243. The number of aliphatic hydroxyl groups excluding tert-OH is 3. The summed E-state index contributed by atoms with van der Waals surface area (Å²) in [5, 5.41) is 25.3. The molecule has 0 spiro atoms. The predicted molar refractivity (Wildman–Crippen MR) is 34.7 cm³/mol. The molecule has 58 valence electrons. The predicted octanol–water partition coefficient (Wildman–Crippen LogP) is -1.30. The smallest absolute Gasteiger partial charge is 0.183 e. The molecule has 0 saturated heterocycles. The van der Waals surface area contributed by atoms with Gasteiger partial charge in [-0.15, -0.1) is 12.4 Å². The van der Waals surface area contributed by atoms with Crippen LogP contribution in [0.5, 0.6) is 0 Å². The Morgan fingerprint density at radius 3 is 1.22 bits per heavy atom. The molecule has 0 unspecified atom stereocenters. The van der Waals surface area contributed by atoms with Crippen LogP contribution in [0, 0.1) is 0 Å². The zero-order chi connectivity index (χ0) is 6.62. The van der Waals surface area contributed by atoms with E-state index in [4.69, 9.17) is 15.3 Å². The maximum Gasteiger partial charge on any atom is 0.183 e. The molecule has 0 radical (unpaired) electrons. The van der Waals surface area contributed by atoms with Crippen molar-refractivity contribution in [2.75, 3.05) is 27.2 Å². The molecule has 3 N–H and O–H groups in total. The first-order valence-corrected chi connectivity index (χ1v) is 2.34. The van der Waals surface area contributed by atoms with E-state index in [1.165, 1.54) is 0 Å². The molecule has 0 bridgehead atoms. The maximum absolute atomic E-state index is 8.44. The van der Waals surface area contributed by atoms with Gasteiger partial charge in [-0.2, -0.15) is 0 Å². The number of aliphatic hydroxyl groups is 3. The van der Waals surface area contributed by atoms with Crippen LogP contribution < -0.4 is 0 Å². The molecule has 0 aliphatic carbocycles. The fraction of sp³-hybridized carbons (Fsp3) is 1.00. The highest BCUT2D eigenvalue weighted by molar-refractivity contribution is 5.85. The molecule has 0 aromatic heterocycles. The number of nitrogens with zero attached hydrogens (tertiary/aromatic N) is 1. The molecule has 0 fully saturated rings. The highest BCUT2D eigenvalue weighted by Crippen LogP contribution is 1.93. The minimum Gasteiger partial charge on any atom is -0.347 e. The standard InChI is InChI=1S/C4H12NO3.ClH/c1-5(2-6,3-7)4-8;/h6-8H,2-4H2,1H3;1H/q+1;. The second-order valence-electron chi connectivity index (χ2n) is 2.04. The zero-order valence-electron chi connectivity index (χ0n) is 5.32. The van der Waals surface area contributed by atoms with Crippen molar-refractivity contribution in [1.82, 2.24) is 0 Å². The van der Waals surface area contributed by atoms with Crippen LogP contribution in [-0.4, -0.2) is 47.0 Å². The number of hydrogen-bond acceptors (Lipinski definition) is 3. The number of quaternary nitrogens is 1. The van der Waals surface area contributed by atoms with Gasteiger partial charge in [0.15, 0.2) is 20.2 Å². The van der Waals surface area contributed by atoms with Gasteiger partial charge < -0.3 is 15.3 Å². The third kappa shape index (κ3) is 3.66. The summed E-state index contributed by atoms with van der Waals surface area (Å²) in [6.45, 7) is -0.729. The molecule has 0 heterocycles. The van der Waals surface area contributed by atoms with Crippen molar-refractivity contribution in [2.24, 2.45) is 0 Å². The lowest BCUT2D eigenvalue weighted by molar-refractivity contribution is -0.959. The third-order valence-electron chi connectivity index (χ3n) is 1.02. The third-order valence-corrected chi connectivity index (χ3v) is 1.02.